The number of piperidine rings is 1. The van der Waals surface area contributed by atoms with Gasteiger partial charge in [-0.3, -0.25) is 9.59 Å². The number of aromatic nitrogens is 1. The molecule has 0 atom stereocenters. The number of carbonyl (C=O) groups excluding carboxylic acids is 2. The number of nitrogen functional groups attached to an aromatic ring is 1. The molecule has 3 aromatic carbocycles. The summed E-state index contributed by atoms with van der Waals surface area (Å²) < 4.78 is 47.5. The van der Waals surface area contributed by atoms with Crippen molar-refractivity contribution < 1.29 is 27.2 Å². The third-order valence-corrected chi connectivity index (χ3v) is 7.72. The molecule has 1 fully saturated rings. The van der Waals surface area contributed by atoms with Gasteiger partial charge in [-0.15, -0.1) is 0 Å². The van der Waals surface area contributed by atoms with Crippen LogP contribution in [-0.4, -0.2) is 40.7 Å². The van der Waals surface area contributed by atoms with Crippen LogP contribution in [0.15, 0.2) is 95.6 Å². The minimum absolute atomic E-state index is 0.0148. The number of likely N-dealkylation sites (tertiary alicyclic amines) is 1. The lowest BCUT2D eigenvalue weighted by molar-refractivity contribution is -0.116. The van der Waals surface area contributed by atoms with Crippen LogP contribution in [0.4, 0.5) is 19.0 Å². The van der Waals surface area contributed by atoms with Gasteiger partial charge in [-0.2, -0.15) is 0 Å². The van der Waals surface area contributed by atoms with Gasteiger partial charge in [0.25, 0.3) is 11.8 Å². The number of rotatable bonds is 7. The highest BCUT2D eigenvalue weighted by molar-refractivity contribution is 5.98. The Bertz CT molecular complexity index is 1890. The van der Waals surface area contributed by atoms with Gasteiger partial charge in [0.2, 0.25) is 5.91 Å². The van der Waals surface area contributed by atoms with E-state index in [1.165, 1.54) is 23.1 Å². The summed E-state index contributed by atoms with van der Waals surface area (Å²) in [4.78, 5) is 30.8. The molecule has 0 unspecified atom stereocenters. The highest BCUT2D eigenvalue weighted by atomic mass is 19.3. The summed E-state index contributed by atoms with van der Waals surface area (Å²) in [5.74, 6) is -2.85. The lowest BCUT2D eigenvalue weighted by Gasteiger charge is -2.31. The molecule has 10 heteroatoms. The Morgan fingerprint density at radius 3 is 2.44 bits per heavy atom. The Labute approximate surface area is 257 Å². The van der Waals surface area contributed by atoms with Crippen LogP contribution in [0.5, 0.6) is 0 Å². The van der Waals surface area contributed by atoms with Gasteiger partial charge in [0.1, 0.15) is 23.0 Å². The number of amides is 2. The summed E-state index contributed by atoms with van der Waals surface area (Å²) in [6.45, 7) is 0.150. The molecular formula is C35H29F3N4O3. The maximum atomic E-state index is 14.3. The van der Waals surface area contributed by atoms with E-state index in [2.05, 4.69) is 10.3 Å². The number of anilines is 1. The van der Waals surface area contributed by atoms with Crippen LogP contribution in [0.3, 0.4) is 0 Å². The molecule has 3 N–H and O–H groups in total. The van der Waals surface area contributed by atoms with Crippen molar-refractivity contribution >= 4 is 34.7 Å². The van der Waals surface area contributed by atoms with E-state index in [4.69, 9.17) is 10.2 Å². The molecule has 5 aromatic rings. The molecule has 0 aliphatic carbocycles. The van der Waals surface area contributed by atoms with Crippen LogP contribution < -0.4 is 11.1 Å². The highest BCUT2D eigenvalue weighted by Crippen LogP contribution is 2.36. The van der Waals surface area contributed by atoms with E-state index in [1.807, 2.05) is 18.2 Å². The van der Waals surface area contributed by atoms with Crippen molar-refractivity contribution in [2.75, 3.05) is 18.8 Å². The van der Waals surface area contributed by atoms with Crippen molar-refractivity contribution in [1.82, 2.24) is 15.2 Å². The van der Waals surface area contributed by atoms with Gasteiger partial charge < -0.3 is 20.4 Å². The van der Waals surface area contributed by atoms with E-state index in [1.54, 1.807) is 60.8 Å². The van der Waals surface area contributed by atoms with Crippen LogP contribution in [0.2, 0.25) is 0 Å². The van der Waals surface area contributed by atoms with E-state index in [9.17, 15) is 22.8 Å². The van der Waals surface area contributed by atoms with Gasteiger partial charge in [-0.25, -0.2) is 18.2 Å². The molecule has 2 amide bonds. The van der Waals surface area contributed by atoms with Crippen molar-refractivity contribution in [3.05, 3.63) is 114 Å². The summed E-state index contributed by atoms with van der Waals surface area (Å²) >= 11 is 0. The van der Waals surface area contributed by atoms with Crippen LogP contribution in [0, 0.1) is 5.82 Å². The van der Waals surface area contributed by atoms with E-state index in [0.29, 0.717) is 33.9 Å². The zero-order valence-electron chi connectivity index (χ0n) is 24.1. The first-order valence-corrected chi connectivity index (χ1v) is 14.4. The van der Waals surface area contributed by atoms with Gasteiger partial charge in [-0.1, -0.05) is 24.3 Å². The molecule has 6 rings (SSSR count). The number of nitrogens with zero attached hydrogens (tertiary/aromatic N) is 2. The number of pyridine rings is 1. The number of fused-ring (bicyclic) bond motifs is 1. The van der Waals surface area contributed by atoms with Crippen molar-refractivity contribution in [2.24, 2.45) is 0 Å². The van der Waals surface area contributed by atoms with E-state index >= 15 is 0 Å². The fraction of sp³-hybridized carbons (Fsp3) is 0.171. The first kappa shape index (κ1) is 29.7. The Balaban J connectivity index is 1.25. The summed E-state index contributed by atoms with van der Waals surface area (Å²) in [5.41, 5.74) is 10.1. The average Bonchev–Trinajstić information content (AvgIpc) is 3.46. The molecule has 7 nitrogen and oxygen atoms in total. The molecule has 0 bridgehead atoms. The maximum Gasteiger partial charge on any atom is 0.253 e. The molecule has 1 saturated heterocycles. The van der Waals surface area contributed by atoms with E-state index in [0.717, 1.165) is 22.1 Å². The zero-order valence-corrected chi connectivity index (χ0v) is 24.1. The smallest absolute Gasteiger partial charge is 0.253 e. The van der Waals surface area contributed by atoms with Crippen molar-refractivity contribution in [2.45, 2.75) is 25.3 Å². The van der Waals surface area contributed by atoms with Gasteiger partial charge >= 0.3 is 0 Å². The number of benzene rings is 3. The molecule has 228 valence electrons. The van der Waals surface area contributed by atoms with Crippen LogP contribution >= 0.6 is 0 Å². The summed E-state index contributed by atoms with van der Waals surface area (Å²) in [7, 11) is 0. The summed E-state index contributed by atoms with van der Waals surface area (Å²) in [6, 6.07) is 22.2. The lowest BCUT2D eigenvalue weighted by atomic mass is 9.96. The Kier molecular flexibility index (Phi) is 8.12. The van der Waals surface area contributed by atoms with Crippen molar-refractivity contribution in [3.8, 4) is 22.3 Å². The molecule has 2 aromatic heterocycles. The topological polar surface area (TPSA) is 101 Å². The quantitative estimate of drug-likeness (QED) is 0.192. The first-order valence-electron chi connectivity index (χ1n) is 14.4. The number of hydrogen-bond acceptors (Lipinski definition) is 5. The number of carbonyl (C=O) groups is 2. The number of furan rings is 1. The highest BCUT2D eigenvalue weighted by Gasteiger charge is 2.35. The third kappa shape index (κ3) is 6.90. The molecule has 3 heterocycles. The summed E-state index contributed by atoms with van der Waals surface area (Å²) in [5, 5.41) is 3.55. The predicted molar refractivity (Wildman–Crippen MR) is 167 cm³/mol. The Morgan fingerprint density at radius 1 is 0.956 bits per heavy atom. The Morgan fingerprint density at radius 2 is 1.73 bits per heavy atom. The van der Waals surface area contributed by atoms with Crippen LogP contribution in [-0.2, 0) is 11.3 Å². The number of nitrogens with two attached hydrogens (primary N) is 1. The van der Waals surface area contributed by atoms with Gasteiger partial charge in [-0.05, 0) is 82.9 Å². The normalized spacial score (nSPS) is 14.6. The monoisotopic (exact) mass is 610 g/mol. The SMILES string of the molecule is Nc1ccc(/C=C/C(=O)NCc2cc3cc(-c4ccc(C(=O)N5CCC(F)(F)CC5)cc4)cc(-c4cccc(F)c4)c3o2)cn1. The number of halogens is 3. The largest absolute Gasteiger partial charge is 0.459 e. The second kappa shape index (κ2) is 12.3. The average molecular weight is 611 g/mol. The van der Waals surface area contributed by atoms with Crippen LogP contribution in [0.1, 0.15) is 34.5 Å². The van der Waals surface area contributed by atoms with Gasteiger partial charge in [0.15, 0.2) is 0 Å². The minimum Gasteiger partial charge on any atom is -0.459 e. The maximum absolute atomic E-state index is 14.3. The van der Waals surface area contributed by atoms with Crippen molar-refractivity contribution in [3.63, 3.8) is 0 Å². The van der Waals surface area contributed by atoms with Gasteiger partial charge in [0.05, 0.1) is 6.54 Å². The molecule has 0 spiro atoms. The van der Waals surface area contributed by atoms with Crippen molar-refractivity contribution in [1.29, 1.82) is 0 Å². The van der Waals surface area contributed by atoms with Crippen LogP contribution in [0.25, 0.3) is 39.3 Å². The Hall–Kier alpha value is -5.38. The van der Waals surface area contributed by atoms with E-state index in [-0.39, 0.29) is 44.3 Å². The standard InChI is InChI=1S/C35H29F3N4O3/c36-28-3-1-2-25(17-28)30-19-26(23-6-8-24(9-7-23)34(44)42-14-12-35(37,38)13-15-42)16-27-18-29(45-33(27)30)21-41-32(43)11-5-22-4-10-31(39)40-20-22/h1-11,16-20H,12-15,21H2,(H2,39,40)(H,41,43)/b11-5+. The van der Waals surface area contributed by atoms with Gasteiger partial charge in [0, 0.05) is 54.7 Å². The fourth-order valence-corrected chi connectivity index (χ4v) is 5.28. The lowest BCUT2D eigenvalue weighted by Crippen LogP contribution is -2.42. The molecular weight excluding hydrogens is 581 g/mol. The molecule has 45 heavy (non-hydrogen) atoms. The number of nitrogens with one attached hydrogen (secondary N) is 1. The second-order valence-corrected chi connectivity index (χ2v) is 11.0. The zero-order chi connectivity index (χ0) is 31.6. The molecule has 1 aliphatic rings. The minimum atomic E-state index is -2.73. The second-order valence-electron chi connectivity index (χ2n) is 11.0. The number of hydrogen-bond donors (Lipinski definition) is 2. The predicted octanol–water partition coefficient (Wildman–Crippen LogP) is 7.08. The molecule has 1 aliphatic heterocycles. The molecule has 0 saturated carbocycles. The number of alkyl halides is 2. The summed E-state index contributed by atoms with van der Waals surface area (Å²) in [6.07, 6.45) is 3.90. The fourth-order valence-electron chi connectivity index (χ4n) is 5.28. The third-order valence-electron chi connectivity index (χ3n) is 7.72. The molecule has 0 radical (unpaired) electrons. The first-order chi connectivity index (χ1) is 21.6. The van der Waals surface area contributed by atoms with E-state index < -0.39 is 11.7 Å².